The Hall–Kier alpha value is -4.53. The van der Waals surface area contributed by atoms with Crippen LogP contribution in [0.5, 0.6) is 11.5 Å². The Morgan fingerprint density at radius 1 is 0.733 bits per heavy atom. The third-order valence-corrected chi connectivity index (χ3v) is 4.26. The zero-order chi connectivity index (χ0) is 21.1. The highest BCUT2D eigenvalue weighted by Gasteiger charge is 2.15. The standard InChI is InChI=1S/C21H15N5O4/c27-17-7-3-1-5-15(17)19-23-20(16-6-2-4-8-18(16)28)25-21(24-19)22-13-9-11-14(12-10-13)26(29)30/h1-12,27-28H,(H,22,23,24,25). The van der Waals surface area contributed by atoms with Crippen LogP contribution in [-0.2, 0) is 0 Å². The molecule has 1 aromatic heterocycles. The summed E-state index contributed by atoms with van der Waals surface area (Å²) in [5, 5.41) is 34.2. The zero-order valence-electron chi connectivity index (χ0n) is 15.4. The number of hydrogen-bond acceptors (Lipinski definition) is 8. The Labute approximate surface area is 170 Å². The minimum atomic E-state index is -0.487. The molecule has 0 aliphatic heterocycles. The van der Waals surface area contributed by atoms with Gasteiger partial charge < -0.3 is 15.5 Å². The van der Waals surface area contributed by atoms with E-state index in [1.165, 1.54) is 36.4 Å². The lowest BCUT2D eigenvalue weighted by Crippen LogP contribution is -2.03. The molecule has 0 atom stereocenters. The molecule has 30 heavy (non-hydrogen) atoms. The third kappa shape index (κ3) is 3.85. The molecular formula is C21H15N5O4. The maximum atomic E-state index is 10.8. The molecule has 0 bridgehead atoms. The Morgan fingerprint density at radius 3 is 1.70 bits per heavy atom. The van der Waals surface area contributed by atoms with Crippen LogP contribution in [0.4, 0.5) is 17.3 Å². The summed E-state index contributed by atoms with van der Waals surface area (Å²) in [6, 6.07) is 19.0. The molecule has 148 valence electrons. The van der Waals surface area contributed by atoms with Gasteiger partial charge in [0.2, 0.25) is 5.95 Å². The lowest BCUT2D eigenvalue weighted by molar-refractivity contribution is -0.384. The SMILES string of the molecule is O=[N+]([O-])c1ccc(Nc2nc(-c3ccccc3O)nc(-c3ccccc3O)n2)cc1. The lowest BCUT2D eigenvalue weighted by atomic mass is 10.1. The van der Waals surface area contributed by atoms with Crippen LogP contribution in [0, 0.1) is 10.1 Å². The van der Waals surface area contributed by atoms with Gasteiger partial charge in [-0.1, -0.05) is 24.3 Å². The molecule has 0 unspecified atom stereocenters. The van der Waals surface area contributed by atoms with Crippen molar-refractivity contribution in [1.82, 2.24) is 15.0 Å². The smallest absolute Gasteiger partial charge is 0.269 e. The van der Waals surface area contributed by atoms with Crippen LogP contribution in [0.1, 0.15) is 0 Å². The minimum absolute atomic E-state index is 0.00628. The van der Waals surface area contributed by atoms with Crippen molar-refractivity contribution in [3.63, 3.8) is 0 Å². The van der Waals surface area contributed by atoms with Crippen LogP contribution in [0.3, 0.4) is 0 Å². The number of anilines is 2. The van der Waals surface area contributed by atoms with Crippen molar-refractivity contribution in [1.29, 1.82) is 0 Å². The van der Waals surface area contributed by atoms with Crippen LogP contribution < -0.4 is 5.32 Å². The number of nitro benzene ring substituents is 1. The Balaban J connectivity index is 1.80. The van der Waals surface area contributed by atoms with Crippen LogP contribution in [0.15, 0.2) is 72.8 Å². The van der Waals surface area contributed by atoms with Gasteiger partial charge in [0.15, 0.2) is 11.6 Å². The molecule has 0 amide bonds. The molecule has 0 saturated heterocycles. The molecule has 0 radical (unpaired) electrons. The summed E-state index contributed by atoms with van der Waals surface area (Å²) in [5.74, 6) is 0.535. The predicted octanol–water partition coefficient (Wildman–Crippen LogP) is 4.27. The number of nitrogens with one attached hydrogen (secondary N) is 1. The number of rotatable bonds is 5. The van der Waals surface area contributed by atoms with Crippen molar-refractivity contribution < 1.29 is 15.1 Å². The molecule has 0 aliphatic rings. The van der Waals surface area contributed by atoms with Gasteiger partial charge in [0.25, 0.3) is 5.69 Å². The van der Waals surface area contributed by atoms with Crippen LogP contribution in [0.25, 0.3) is 22.8 Å². The van der Waals surface area contributed by atoms with E-state index in [2.05, 4.69) is 20.3 Å². The fourth-order valence-electron chi connectivity index (χ4n) is 2.79. The van der Waals surface area contributed by atoms with E-state index in [0.717, 1.165) is 0 Å². The molecule has 0 aliphatic carbocycles. The van der Waals surface area contributed by atoms with E-state index in [4.69, 9.17) is 0 Å². The average molecular weight is 401 g/mol. The Kier molecular flexibility index (Phi) is 4.92. The first-order valence-corrected chi connectivity index (χ1v) is 8.85. The van der Waals surface area contributed by atoms with Gasteiger partial charge in [-0.25, -0.2) is 4.98 Å². The highest BCUT2D eigenvalue weighted by Crippen LogP contribution is 2.31. The summed E-state index contributed by atoms with van der Waals surface area (Å²) in [5.41, 5.74) is 1.27. The predicted molar refractivity (Wildman–Crippen MR) is 110 cm³/mol. The van der Waals surface area contributed by atoms with E-state index in [-0.39, 0.29) is 34.8 Å². The fraction of sp³-hybridized carbons (Fsp3) is 0. The quantitative estimate of drug-likeness (QED) is 0.333. The van der Waals surface area contributed by atoms with E-state index >= 15 is 0 Å². The van der Waals surface area contributed by atoms with Crippen LogP contribution in [-0.4, -0.2) is 30.1 Å². The highest BCUT2D eigenvalue weighted by atomic mass is 16.6. The monoisotopic (exact) mass is 401 g/mol. The second-order valence-corrected chi connectivity index (χ2v) is 6.27. The molecule has 1 heterocycles. The van der Waals surface area contributed by atoms with Gasteiger partial charge in [0, 0.05) is 17.8 Å². The number of benzene rings is 3. The van der Waals surface area contributed by atoms with Crippen molar-refractivity contribution in [2.45, 2.75) is 0 Å². The van der Waals surface area contributed by atoms with Crippen molar-refractivity contribution >= 4 is 17.3 Å². The van der Waals surface area contributed by atoms with Crippen LogP contribution >= 0.6 is 0 Å². The average Bonchev–Trinajstić information content (AvgIpc) is 2.74. The second kappa shape index (κ2) is 7.84. The molecule has 0 saturated carbocycles. The van der Waals surface area contributed by atoms with Crippen molar-refractivity contribution in [3.05, 3.63) is 82.9 Å². The summed E-state index contributed by atoms with van der Waals surface area (Å²) < 4.78 is 0. The first kappa shape index (κ1) is 18.8. The third-order valence-electron chi connectivity index (χ3n) is 4.26. The molecule has 0 spiro atoms. The largest absolute Gasteiger partial charge is 0.507 e. The van der Waals surface area contributed by atoms with E-state index < -0.39 is 4.92 Å². The maximum Gasteiger partial charge on any atom is 0.269 e. The molecule has 4 aromatic rings. The Morgan fingerprint density at radius 2 is 1.23 bits per heavy atom. The molecule has 3 N–H and O–H groups in total. The number of aromatic hydroxyl groups is 2. The topological polar surface area (TPSA) is 134 Å². The van der Waals surface area contributed by atoms with E-state index in [0.29, 0.717) is 16.8 Å². The molecule has 9 heteroatoms. The molecular weight excluding hydrogens is 386 g/mol. The summed E-state index contributed by atoms with van der Waals surface area (Å²) in [6.07, 6.45) is 0. The van der Waals surface area contributed by atoms with Gasteiger partial charge >= 0.3 is 0 Å². The van der Waals surface area contributed by atoms with Crippen molar-refractivity contribution in [2.75, 3.05) is 5.32 Å². The zero-order valence-corrected chi connectivity index (χ0v) is 15.4. The molecule has 9 nitrogen and oxygen atoms in total. The summed E-state index contributed by atoms with van der Waals surface area (Å²) in [6.45, 7) is 0. The van der Waals surface area contributed by atoms with Crippen LogP contribution in [0.2, 0.25) is 0 Å². The van der Waals surface area contributed by atoms with E-state index in [9.17, 15) is 20.3 Å². The first-order valence-electron chi connectivity index (χ1n) is 8.85. The van der Waals surface area contributed by atoms with Gasteiger partial charge in [-0.05, 0) is 36.4 Å². The number of nitro groups is 1. The molecule has 0 fully saturated rings. The number of hydrogen-bond donors (Lipinski definition) is 3. The van der Waals surface area contributed by atoms with Crippen molar-refractivity contribution in [3.8, 4) is 34.3 Å². The minimum Gasteiger partial charge on any atom is -0.507 e. The molecule has 4 rings (SSSR count). The van der Waals surface area contributed by atoms with Gasteiger partial charge in [-0.2, -0.15) is 9.97 Å². The normalized spacial score (nSPS) is 10.5. The summed E-state index contributed by atoms with van der Waals surface area (Å²) >= 11 is 0. The second-order valence-electron chi connectivity index (χ2n) is 6.27. The Bertz CT molecular complexity index is 1160. The first-order chi connectivity index (χ1) is 14.5. The van der Waals surface area contributed by atoms with E-state index in [1.807, 2.05) is 0 Å². The number of nitrogens with zero attached hydrogens (tertiary/aromatic N) is 4. The number of para-hydroxylation sites is 2. The highest BCUT2D eigenvalue weighted by molar-refractivity contribution is 5.70. The fourth-order valence-corrected chi connectivity index (χ4v) is 2.79. The van der Waals surface area contributed by atoms with Crippen molar-refractivity contribution in [2.24, 2.45) is 0 Å². The van der Waals surface area contributed by atoms with Gasteiger partial charge in [0.1, 0.15) is 11.5 Å². The van der Waals surface area contributed by atoms with E-state index in [1.54, 1.807) is 36.4 Å². The number of aromatic nitrogens is 3. The number of non-ortho nitro benzene ring substituents is 1. The van der Waals surface area contributed by atoms with Gasteiger partial charge in [0.05, 0.1) is 16.1 Å². The van der Waals surface area contributed by atoms with Gasteiger partial charge in [-0.3, -0.25) is 10.1 Å². The summed E-state index contributed by atoms with van der Waals surface area (Å²) in [4.78, 5) is 23.5. The lowest BCUT2D eigenvalue weighted by Gasteiger charge is -2.11. The summed E-state index contributed by atoms with van der Waals surface area (Å²) in [7, 11) is 0. The molecule has 3 aromatic carbocycles. The maximum absolute atomic E-state index is 10.8. The number of phenolic OH excluding ortho intramolecular Hbond substituents is 2. The number of phenols is 2. The van der Waals surface area contributed by atoms with Gasteiger partial charge in [-0.15, -0.1) is 0 Å².